The van der Waals surface area contributed by atoms with E-state index in [-0.39, 0.29) is 36.5 Å². The Kier molecular flexibility index (Phi) is 13.9. The van der Waals surface area contributed by atoms with E-state index in [9.17, 15) is 14.7 Å². The van der Waals surface area contributed by atoms with Crippen LogP contribution in [0.5, 0.6) is 0 Å². The van der Waals surface area contributed by atoms with E-state index in [4.69, 9.17) is 9.47 Å². The number of benzene rings is 3. The third-order valence-electron chi connectivity index (χ3n) is 11.1. The standard InChI is InChI=1S/C43H58N4O5/c1-31-40(29-47-25-9-12-39(47)28-46-23-6-7-24-46)51-43(52-42(31)36-16-14-33(30-48)15-17-36)37-20-18-35(19-21-37)38-11-8-10-34(26-38)27-45-41(50)13-4-3-5-22-44-32(2)49/h8,10-11,14-21,26,31,39-40,42-43,48H,3-7,9,12-13,22-25,27-30H2,1-2H3,(H,44,49)(H,45,50). The molecule has 0 saturated carbocycles. The van der Waals surface area contributed by atoms with Gasteiger partial charge in [0.1, 0.15) is 0 Å². The van der Waals surface area contributed by atoms with Crippen molar-refractivity contribution < 1.29 is 24.2 Å². The number of nitrogens with zero attached hydrogens (tertiary/aromatic N) is 2. The summed E-state index contributed by atoms with van der Waals surface area (Å²) in [6.07, 6.45) is 7.58. The van der Waals surface area contributed by atoms with Gasteiger partial charge in [0, 0.05) is 57.0 Å². The Morgan fingerprint density at radius 3 is 2.33 bits per heavy atom. The van der Waals surface area contributed by atoms with E-state index in [0.717, 1.165) is 72.3 Å². The highest BCUT2D eigenvalue weighted by molar-refractivity contribution is 5.76. The molecule has 3 saturated heterocycles. The zero-order valence-electron chi connectivity index (χ0n) is 31.1. The molecule has 5 unspecified atom stereocenters. The molecule has 9 nitrogen and oxygen atoms in total. The van der Waals surface area contributed by atoms with E-state index >= 15 is 0 Å². The minimum atomic E-state index is -0.496. The minimum Gasteiger partial charge on any atom is -0.392 e. The van der Waals surface area contributed by atoms with Gasteiger partial charge in [0.2, 0.25) is 11.8 Å². The van der Waals surface area contributed by atoms with Crippen molar-refractivity contribution in [2.45, 2.75) is 103 Å². The molecule has 3 aliphatic rings. The molecule has 0 aromatic heterocycles. The molecule has 52 heavy (non-hydrogen) atoms. The quantitative estimate of drug-likeness (QED) is 0.146. The SMILES string of the molecule is CC(=O)NCCCCCC(=O)NCc1cccc(-c2ccc(C3OC(CN4CCCC4CN4CCCC4)C(C)C(c4ccc(CO)cc4)O3)cc2)c1. The number of ether oxygens (including phenoxy) is 2. The van der Waals surface area contributed by atoms with Gasteiger partial charge in [-0.15, -0.1) is 0 Å². The van der Waals surface area contributed by atoms with Gasteiger partial charge in [0.15, 0.2) is 6.29 Å². The van der Waals surface area contributed by atoms with Gasteiger partial charge in [-0.2, -0.15) is 0 Å². The molecular formula is C43H58N4O5. The van der Waals surface area contributed by atoms with Gasteiger partial charge in [0.25, 0.3) is 0 Å². The van der Waals surface area contributed by atoms with E-state index in [0.29, 0.717) is 25.6 Å². The van der Waals surface area contributed by atoms with Crippen LogP contribution in [0.3, 0.4) is 0 Å². The van der Waals surface area contributed by atoms with E-state index in [1.807, 2.05) is 24.3 Å². The number of amides is 2. The highest BCUT2D eigenvalue weighted by Crippen LogP contribution is 2.42. The van der Waals surface area contributed by atoms with Crippen LogP contribution in [0.15, 0.2) is 72.8 Å². The van der Waals surface area contributed by atoms with Gasteiger partial charge in [-0.3, -0.25) is 14.5 Å². The lowest BCUT2D eigenvalue weighted by Gasteiger charge is -2.43. The molecule has 3 aromatic rings. The van der Waals surface area contributed by atoms with Crippen LogP contribution in [-0.4, -0.2) is 78.1 Å². The number of hydrogen-bond acceptors (Lipinski definition) is 7. The van der Waals surface area contributed by atoms with Crippen molar-refractivity contribution in [1.82, 2.24) is 20.4 Å². The maximum atomic E-state index is 12.4. The molecule has 0 aliphatic carbocycles. The van der Waals surface area contributed by atoms with Crippen molar-refractivity contribution in [2.75, 3.05) is 39.3 Å². The number of hydrogen-bond donors (Lipinski definition) is 3. The summed E-state index contributed by atoms with van der Waals surface area (Å²) in [7, 11) is 0. The molecule has 3 aromatic carbocycles. The van der Waals surface area contributed by atoms with Crippen LogP contribution < -0.4 is 10.6 Å². The first-order chi connectivity index (χ1) is 25.4. The Balaban J connectivity index is 1.10. The van der Waals surface area contributed by atoms with E-state index in [1.54, 1.807) is 0 Å². The van der Waals surface area contributed by atoms with Crippen LogP contribution in [0.1, 0.15) is 99.9 Å². The summed E-state index contributed by atoms with van der Waals surface area (Å²) in [4.78, 5) is 28.8. The number of nitrogens with one attached hydrogen (secondary N) is 2. The highest BCUT2D eigenvalue weighted by Gasteiger charge is 2.40. The summed E-state index contributed by atoms with van der Waals surface area (Å²) >= 11 is 0. The monoisotopic (exact) mass is 710 g/mol. The topological polar surface area (TPSA) is 103 Å². The molecule has 3 fully saturated rings. The molecule has 9 heteroatoms. The highest BCUT2D eigenvalue weighted by atomic mass is 16.7. The largest absolute Gasteiger partial charge is 0.392 e. The Morgan fingerprint density at radius 2 is 1.58 bits per heavy atom. The fourth-order valence-electron chi connectivity index (χ4n) is 8.00. The molecule has 5 atom stereocenters. The molecule has 0 radical (unpaired) electrons. The average Bonchev–Trinajstić information content (AvgIpc) is 3.85. The molecule has 3 heterocycles. The Hall–Kier alpha value is -3.60. The summed E-state index contributed by atoms with van der Waals surface area (Å²) in [5.41, 5.74) is 6.24. The number of aliphatic hydroxyl groups excluding tert-OH is 1. The molecular weight excluding hydrogens is 652 g/mol. The third-order valence-corrected chi connectivity index (χ3v) is 11.1. The number of aliphatic hydroxyl groups is 1. The van der Waals surface area contributed by atoms with Crippen molar-refractivity contribution in [2.24, 2.45) is 5.92 Å². The predicted molar refractivity (Wildman–Crippen MR) is 204 cm³/mol. The maximum Gasteiger partial charge on any atom is 0.220 e. The lowest BCUT2D eigenvalue weighted by molar-refractivity contribution is -0.276. The molecule has 3 N–H and O–H groups in total. The van der Waals surface area contributed by atoms with E-state index < -0.39 is 6.29 Å². The minimum absolute atomic E-state index is 0.00996. The average molecular weight is 711 g/mol. The summed E-state index contributed by atoms with van der Waals surface area (Å²) < 4.78 is 13.6. The molecule has 0 bridgehead atoms. The van der Waals surface area contributed by atoms with Crippen molar-refractivity contribution in [3.05, 3.63) is 95.1 Å². The Morgan fingerprint density at radius 1 is 0.808 bits per heavy atom. The van der Waals surface area contributed by atoms with Gasteiger partial charge in [-0.1, -0.05) is 80.1 Å². The lowest BCUT2D eigenvalue weighted by Crippen LogP contribution is -2.48. The smallest absolute Gasteiger partial charge is 0.220 e. The first-order valence-electron chi connectivity index (χ1n) is 19.5. The van der Waals surface area contributed by atoms with Gasteiger partial charge in [-0.25, -0.2) is 0 Å². The first kappa shape index (κ1) is 38.1. The number of unbranched alkanes of at least 4 members (excludes halogenated alkanes) is 2. The van der Waals surface area contributed by atoms with Crippen molar-refractivity contribution in [3.63, 3.8) is 0 Å². The number of carbonyl (C=O) groups is 2. The second-order valence-corrected chi connectivity index (χ2v) is 15.0. The molecule has 280 valence electrons. The maximum absolute atomic E-state index is 12.4. The fourth-order valence-corrected chi connectivity index (χ4v) is 8.00. The molecule has 3 aliphatic heterocycles. The second kappa shape index (κ2) is 18.9. The van der Waals surface area contributed by atoms with E-state index in [1.165, 1.54) is 45.7 Å². The molecule has 2 amide bonds. The summed E-state index contributed by atoms with van der Waals surface area (Å²) in [6.45, 7) is 10.6. The molecule has 6 rings (SSSR count). The Bertz CT molecular complexity index is 1580. The predicted octanol–water partition coefficient (Wildman–Crippen LogP) is 6.51. The van der Waals surface area contributed by atoms with Gasteiger partial charge >= 0.3 is 0 Å². The third kappa shape index (κ3) is 10.5. The van der Waals surface area contributed by atoms with Crippen LogP contribution in [0.25, 0.3) is 11.1 Å². The normalized spacial score (nSPS) is 23.9. The van der Waals surface area contributed by atoms with Crippen molar-refractivity contribution >= 4 is 11.8 Å². The first-order valence-corrected chi connectivity index (χ1v) is 19.5. The number of carbonyl (C=O) groups excluding carboxylic acids is 2. The second-order valence-electron chi connectivity index (χ2n) is 15.0. The Labute approximate surface area is 310 Å². The fraction of sp³-hybridized carbons (Fsp3) is 0.535. The lowest BCUT2D eigenvalue weighted by atomic mass is 9.89. The van der Waals surface area contributed by atoms with Crippen LogP contribution >= 0.6 is 0 Å². The van der Waals surface area contributed by atoms with Crippen LogP contribution in [0.4, 0.5) is 0 Å². The summed E-state index contributed by atoms with van der Waals surface area (Å²) in [5, 5.41) is 15.5. The number of likely N-dealkylation sites (tertiary alicyclic amines) is 2. The summed E-state index contributed by atoms with van der Waals surface area (Å²) in [6, 6.07) is 25.5. The number of rotatable bonds is 16. The van der Waals surface area contributed by atoms with Gasteiger partial charge < -0.3 is 30.1 Å². The summed E-state index contributed by atoms with van der Waals surface area (Å²) in [5.74, 6) is 0.182. The van der Waals surface area contributed by atoms with Crippen LogP contribution in [-0.2, 0) is 32.2 Å². The van der Waals surface area contributed by atoms with Gasteiger partial charge in [-0.05, 0) is 92.0 Å². The van der Waals surface area contributed by atoms with Crippen LogP contribution in [0, 0.1) is 5.92 Å². The van der Waals surface area contributed by atoms with Crippen LogP contribution in [0.2, 0.25) is 0 Å². The van der Waals surface area contributed by atoms with Crippen molar-refractivity contribution in [1.29, 1.82) is 0 Å². The van der Waals surface area contributed by atoms with E-state index in [2.05, 4.69) is 75.9 Å². The van der Waals surface area contributed by atoms with Crippen molar-refractivity contribution in [3.8, 4) is 11.1 Å². The zero-order chi connectivity index (χ0) is 36.3. The molecule has 0 spiro atoms. The van der Waals surface area contributed by atoms with Gasteiger partial charge in [0.05, 0.1) is 18.8 Å². The zero-order valence-corrected chi connectivity index (χ0v) is 31.1.